The van der Waals surface area contributed by atoms with Crippen LogP contribution in [0, 0.1) is 17.2 Å². The van der Waals surface area contributed by atoms with Crippen molar-refractivity contribution >= 4 is 26.8 Å². The zero-order valence-corrected chi connectivity index (χ0v) is 18.4. The maximum absolute atomic E-state index is 13.3. The van der Waals surface area contributed by atoms with Crippen molar-refractivity contribution in [1.29, 1.82) is 5.26 Å². The molecule has 0 unspecified atom stereocenters. The van der Waals surface area contributed by atoms with Crippen LogP contribution in [0.25, 0.3) is 28.1 Å². The number of nitrogens with zero attached hydrogens (tertiary/aromatic N) is 4. The first-order chi connectivity index (χ1) is 15.8. The predicted octanol–water partition coefficient (Wildman–Crippen LogP) is 4.40. The highest BCUT2D eigenvalue weighted by molar-refractivity contribution is 7.89. The number of aromatic nitrogens is 3. The van der Waals surface area contributed by atoms with Gasteiger partial charge in [-0.2, -0.15) is 5.26 Å². The Morgan fingerprint density at radius 1 is 1.24 bits per heavy atom. The van der Waals surface area contributed by atoms with Crippen molar-refractivity contribution < 1.29 is 17.2 Å². The minimum Gasteiger partial charge on any atom is -0.291 e. The second-order valence-corrected chi connectivity index (χ2v) is 9.90. The Morgan fingerprint density at radius 3 is 2.55 bits per heavy atom. The molecule has 1 atom stereocenters. The van der Waals surface area contributed by atoms with E-state index in [2.05, 4.69) is 20.8 Å². The Morgan fingerprint density at radius 2 is 2.00 bits per heavy atom. The number of rotatable bonds is 7. The Labute approximate surface area is 189 Å². The number of alkyl halides is 2. The minimum atomic E-state index is -3.74. The van der Waals surface area contributed by atoms with Crippen LogP contribution in [0.5, 0.6) is 0 Å². The molecule has 7 nitrogen and oxygen atoms in total. The summed E-state index contributed by atoms with van der Waals surface area (Å²) in [5.41, 5.74) is 1.62. The van der Waals surface area contributed by atoms with Gasteiger partial charge in [-0.1, -0.05) is 6.08 Å². The molecule has 0 aliphatic heterocycles. The van der Waals surface area contributed by atoms with Gasteiger partial charge in [0.1, 0.15) is 16.6 Å². The van der Waals surface area contributed by atoms with E-state index in [0.29, 0.717) is 28.6 Å². The zero-order valence-electron chi connectivity index (χ0n) is 17.5. The Hall–Kier alpha value is -3.42. The molecule has 3 aromatic rings. The van der Waals surface area contributed by atoms with Crippen molar-refractivity contribution in [2.75, 3.05) is 0 Å². The summed E-state index contributed by atoms with van der Waals surface area (Å²) in [7, 11) is -3.74. The van der Waals surface area contributed by atoms with E-state index in [1.165, 1.54) is 24.4 Å². The van der Waals surface area contributed by atoms with Crippen molar-refractivity contribution in [2.45, 2.75) is 37.1 Å². The quantitative estimate of drug-likeness (QED) is 0.555. The van der Waals surface area contributed by atoms with Gasteiger partial charge in [0.2, 0.25) is 10.0 Å². The third kappa shape index (κ3) is 3.73. The molecule has 2 aliphatic rings. The Balaban J connectivity index is 1.61. The van der Waals surface area contributed by atoms with Crippen molar-refractivity contribution in [3.05, 3.63) is 59.9 Å². The first kappa shape index (κ1) is 21.4. The molecule has 0 amide bonds. The van der Waals surface area contributed by atoms with Gasteiger partial charge < -0.3 is 0 Å². The summed E-state index contributed by atoms with van der Waals surface area (Å²) in [6.07, 6.45) is 7.03. The smallest absolute Gasteiger partial charge is 0.265 e. The summed E-state index contributed by atoms with van der Waals surface area (Å²) in [5, 5.41) is 10.2. The van der Waals surface area contributed by atoms with Crippen LogP contribution < -0.4 is 4.72 Å². The van der Waals surface area contributed by atoms with E-state index >= 15 is 0 Å². The van der Waals surface area contributed by atoms with E-state index in [1.54, 1.807) is 22.8 Å². The van der Waals surface area contributed by atoms with Crippen LogP contribution >= 0.6 is 0 Å². The summed E-state index contributed by atoms with van der Waals surface area (Å²) in [6, 6.07) is 6.13. The molecule has 0 bridgehead atoms. The van der Waals surface area contributed by atoms with Crippen LogP contribution in [0.15, 0.2) is 53.7 Å². The molecule has 0 saturated heterocycles. The Kier molecular flexibility index (Phi) is 5.11. The summed E-state index contributed by atoms with van der Waals surface area (Å²) in [4.78, 5) is 8.54. The SMILES string of the molecule is C[C@H](NS(=O)(=O)c1ccc(-c2c(C#N)c3cc(C(F)F)cnc3n2C2=CC=C2)nc1)C1CC1. The third-order valence-corrected chi connectivity index (χ3v) is 7.49. The number of hydrogen-bond donors (Lipinski definition) is 1. The van der Waals surface area contributed by atoms with Crippen LogP contribution in [0.3, 0.4) is 0 Å². The van der Waals surface area contributed by atoms with Gasteiger partial charge in [-0.3, -0.25) is 9.55 Å². The molecule has 168 valence electrons. The summed E-state index contributed by atoms with van der Waals surface area (Å²) < 4.78 is 56.3. The number of hydrogen-bond acceptors (Lipinski definition) is 5. The lowest BCUT2D eigenvalue weighted by molar-refractivity contribution is 0.151. The van der Waals surface area contributed by atoms with Crippen molar-refractivity contribution in [2.24, 2.45) is 5.92 Å². The lowest BCUT2D eigenvalue weighted by Crippen LogP contribution is -2.34. The van der Waals surface area contributed by atoms with Crippen molar-refractivity contribution in [3.63, 3.8) is 0 Å². The molecule has 10 heteroatoms. The van der Waals surface area contributed by atoms with E-state index in [9.17, 15) is 22.5 Å². The van der Waals surface area contributed by atoms with Crippen LogP contribution in [0.4, 0.5) is 8.78 Å². The molecule has 3 heterocycles. The number of fused-ring (bicyclic) bond motifs is 1. The minimum absolute atomic E-state index is 0.0146. The highest BCUT2D eigenvalue weighted by Crippen LogP contribution is 2.37. The summed E-state index contributed by atoms with van der Waals surface area (Å²) >= 11 is 0. The molecule has 0 aromatic carbocycles. The fourth-order valence-electron chi connectivity index (χ4n) is 3.92. The third-order valence-electron chi connectivity index (χ3n) is 5.94. The van der Waals surface area contributed by atoms with Crippen molar-refractivity contribution in [3.8, 4) is 17.5 Å². The number of pyridine rings is 2. The van der Waals surface area contributed by atoms with Gasteiger partial charge in [0.05, 0.1) is 17.0 Å². The monoisotopic (exact) mass is 467 g/mol. The van der Waals surface area contributed by atoms with Crippen LogP contribution in [0.2, 0.25) is 0 Å². The fourth-order valence-corrected chi connectivity index (χ4v) is 5.18. The number of nitriles is 1. The summed E-state index contributed by atoms with van der Waals surface area (Å²) in [5.74, 6) is 0.357. The number of halogens is 2. The Bertz CT molecular complexity index is 1460. The predicted molar refractivity (Wildman–Crippen MR) is 119 cm³/mol. The van der Waals surface area contributed by atoms with E-state index in [0.717, 1.165) is 19.0 Å². The zero-order chi connectivity index (χ0) is 23.3. The van der Waals surface area contributed by atoms with Gasteiger partial charge in [-0.15, -0.1) is 0 Å². The molecule has 33 heavy (non-hydrogen) atoms. The molecule has 1 saturated carbocycles. The molecule has 0 spiro atoms. The normalized spacial score (nSPS) is 16.5. The lowest BCUT2D eigenvalue weighted by Gasteiger charge is -2.15. The first-order valence-electron chi connectivity index (χ1n) is 10.4. The van der Waals surface area contributed by atoms with Gasteiger partial charge in [-0.25, -0.2) is 26.9 Å². The van der Waals surface area contributed by atoms with E-state index in [-0.39, 0.29) is 27.5 Å². The van der Waals surface area contributed by atoms with Gasteiger partial charge >= 0.3 is 0 Å². The molecule has 1 fully saturated rings. The molecule has 3 aromatic heterocycles. The van der Waals surface area contributed by atoms with E-state index in [1.807, 2.05) is 6.92 Å². The fraction of sp³-hybridized carbons (Fsp3) is 0.261. The summed E-state index contributed by atoms with van der Waals surface area (Å²) in [6.45, 7) is 1.84. The highest BCUT2D eigenvalue weighted by atomic mass is 32.2. The standard InChI is InChI=1S/C23H19F2N5O2S/c1-13(14-5-6-14)29-33(31,32)17-7-8-20(27-12-17)21-19(10-26)18-9-15(22(24)25)11-28-23(18)30(21)16-3-2-4-16/h2-4,7-9,11-14,22,29H,5-6H2,1H3/t13-/m0/s1. The number of nitrogens with one attached hydrogen (secondary N) is 1. The second-order valence-electron chi connectivity index (χ2n) is 8.19. The average molecular weight is 468 g/mol. The second kappa shape index (κ2) is 7.86. The maximum atomic E-state index is 13.3. The molecule has 0 radical (unpaired) electrons. The van der Waals surface area contributed by atoms with E-state index < -0.39 is 16.4 Å². The van der Waals surface area contributed by atoms with Gasteiger partial charge in [0.15, 0.2) is 0 Å². The topological polar surface area (TPSA) is 101 Å². The number of sulfonamides is 1. The van der Waals surface area contributed by atoms with Crippen LogP contribution in [-0.4, -0.2) is 29.0 Å². The lowest BCUT2D eigenvalue weighted by atomic mass is 10.1. The van der Waals surface area contributed by atoms with Crippen molar-refractivity contribution in [1.82, 2.24) is 19.3 Å². The number of allylic oxidation sites excluding steroid dienone is 4. The van der Waals surface area contributed by atoms with Crippen LogP contribution in [-0.2, 0) is 10.0 Å². The molecular formula is C23H19F2N5O2S. The average Bonchev–Trinajstić information content (AvgIpc) is 3.56. The largest absolute Gasteiger partial charge is 0.291 e. The van der Waals surface area contributed by atoms with Crippen LogP contribution in [0.1, 0.15) is 37.3 Å². The van der Waals surface area contributed by atoms with Gasteiger partial charge in [0.25, 0.3) is 6.43 Å². The molecule has 1 N–H and O–H groups in total. The van der Waals surface area contributed by atoms with E-state index in [4.69, 9.17) is 0 Å². The van der Waals surface area contributed by atoms with Gasteiger partial charge in [0, 0.05) is 35.1 Å². The molecular weight excluding hydrogens is 448 g/mol. The first-order valence-corrected chi connectivity index (χ1v) is 11.9. The molecule has 2 aliphatic carbocycles. The highest BCUT2D eigenvalue weighted by Gasteiger charge is 2.31. The maximum Gasteiger partial charge on any atom is 0.265 e. The van der Waals surface area contributed by atoms with Gasteiger partial charge in [-0.05, 0) is 56.0 Å². The molecule has 5 rings (SSSR count).